The van der Waals surface area contributed by atoms with E-state index in [4.69, 9.17) is 4.74 Å². The lowest BCUT2D eigenvalue weighted by Crippen LogP contribution is -2.37. The van der Waals surface area contributed by atoms with Crippen molar-refractivity contribution in [2.24, 2.45) is 29.6 Å². The van der Waals surface area contributed by atoms with Gasteiger partial charge in [0.25, 0.3) is 0 Å². The summed E-state index contributed by atoms with van der Waals surface area (Å²) in [5.74, 6) is 5.27. The molecule has 0 radical (unpaired) electrons. The molecule has 3 aliphatic rings. The summed E-state index contributed by atoms with van der Waals surface area (Å²) < 4.78 is 5.35. The molecule has 0 saturated heterocycles. The van der Waals surface area contributed by atoms with Crippen LogP contribution in [0.1, 0.15) is 26.2 Å². The molecule has 2 nitrogen and oxygen atoms in total. The summed E-state index contributed by atoms with van der Waals surface area (Å²) in [5.41, 5.74) is 0. The minimum Gasteiger partial charge on any atom is -0.383 e. The predicted molar refractivity (Wildman–Crippen MR) is 60.6 cm³/mol. The third-order valence-electron chi connectivity index (χ3n) is 5.07. The molecule has 0 aliphatic heterocycles. The van der Waals surface area contributed by atoms with Crippen LogP contribution in [0.2, 0.25) is 0 Å². The first kappa shape index (κ1) is 10.1. The van der Waals surface area contributed by atoms with Crippen LogP contribution >= 0.6 is 0 Å². The van der Waals surface area contributed by atoms with Gasteiger partial charge in [0.15, 0.2) is 0 Å². The van der Waals surface area contributed by atoms with Crippen LogP contribution in [0.4, 0.5) is 0 Å². The zero-order valence-electron chi connectivity index (χ0n) is 9.91. The maximum Gasteiger partial charge on any atom is 0.0618 e. The van der Waals surface area contributed by atoms with E-state index >= 15 is 0 Å². The van der Waals surface area contributed by atoms with Gasteiger partial charge in [-0.3, -0.25) is 0 Å². The van der Waals surface area contributed by atoms with Gasteiger partial charge in [-0.1, -0.05) is 6.92 Å². The molecule has 2 bridgehead atoms. The number of nitrogens with one attached hydrogen (secondary N) is 1. The van der Waals surface area contributed by atoms with Gasteiger partial charge in [0.05, 0.1) is 6.61 Å². The minimum absolute atomic E-state index is 0.637. The van der Waals surface area contributed by atoms with Crippen molar-refractivity contribution < 1.29 is 4.74 Å². The molecular weight excluding hydrogens is 186 g/mol. The topological polar surface area (TPSA) is 21.3 Å². The molecule has 0 aromatic carbocycles. The Kier molecular flexibility index (Phi) is 2.52. The van der Waals surface area contributed by atoms with Gasteiger partial charge in [-0.05, 0) is 55.4 Å². The van der Waals surface area contributed by atoms with Gasteiger partial charge in [0, 0.05) is 13.2 Å². The highest BCUT2D eigenvalue weighted by Crippen LogP contribution is 2.70. The van der Waals surface area contributed by atoms with E-state index in [-0.39, 0.29) is 0 Å². The summed E-state index contributed by atoms with van der Waals surface area (Å²) in [6.45, 7) is 4.19. The molecule has 1 N–H and O–H groups in total. The monoisotopic (exact) mass is 209 g/mol. The molecule has 2 heteroatoms. The molecular formula is C13H23NO. The van der Waals surface area contributed by atoms with Gasteiger partial charge < -0.3 is 10.1 Å². The number of hydrogen-bond donors (Lipinski definition) is 1. The maximum atomic E-state index is 5.35. The Hall–Kier alpha value is -0.0800. The van der Waals surface area contributed by atoms with Crippen LogP contribution in [0.25, 0.3) is 0 Å². The van der Waals surface area contributed by atoms with Crippen LogP contribution in [-0.4, -0.2) is 26.3 Å². The first-order valence-corrected chi connectivity index (χ1v) is 6.59. The van der Waals surface area contributed by atoms with Crippen LogP contribution in [-0.2, 0) is 4.74 Å². The van der Waals surface area contributed by atoms with Crippen molar-refractivity contribution in [3.05, 3.63) is 0 Å². The second kappa shape index (κ2) is 3.74. The molecule has 15 heavy (non-hydrogen) atoms. The summed E-state index contributed by atoms with van der Waals surface area (Å²) >= 11 is 0. The standard InChI is InChI=1S/C13H23NO/c1-3-14-10(7-15-2)13-11-8-4-5-9(6-8)12(11)13/h8-14H,3-7H2,1-2H3. The van der Waals surface area contributed by atoms with E-state index in [1.54, 1.807) is 6.42 Å². The van der Waals surface area contributed by atoms with Gasteiger partial charge in [0.1, 0.15) is 0 Å². The van der Waals surface area contributed by atoms with Crippen LogP contribution < -0.4 is 5.32 Å². The fourth-order valence-corrected chi connectivity index (χ4v) is 4.68. The molecule has 3 saturated carbocycles. The fourth-order valence-electron chi connectivity index (χ4n) is 4.68. The first-order valence-electron chi connectivity index (χ1n) is 6.59. The van der Waals surface area contributed by atoms with E-state index in [0.717, 1.165) is 42.7 Å². The molecule has 3 fully saturated rings. The van der Waals surface area contributed by atoms with Crippen molar-refractivity contribution in [1.82, 2.24) is 5.32 Å². The zero-order valence-corrected chi connectivity index (χ0v) is 9.91. The second-order valence-corrected chi connectivity index (χ2v) is 5.68. The molecule has 5 unspecified atom stereocenters. The summed E-state index contributed by atoms with van der Waals surface area (Å²) in [5, 5.41) is 3.62. The highest BCUT2D eigenvalue weighted by Gasteiger charge is 2.66. The highest BCUT2D eigenvalue weighted by molar-refractivity contribution is 5.15. The van der Waals surface area contributed by atoms with E-state index in [2.05, 4.69) is 12.2 Å². The SMILES string of the molecule is CCNC(COC)C1C2C3CCC(C3)C21. The lowest BCUT2D eigenvalue weighted by molar-refractivity contribution is 0.149. The molecule has 3 rings (SSSR count). The third-order valence-corrected chi connectivity index (χ3v) is 5.07. The highest BCUT2D eigenvalue weighted by atomic mass is 16.5. The molecule has 0 aromatic rings. The lowest BCUT2D eigenvalue weighted by atomic mass is 9.98. The molecule has 0 amide bonds. The van der Waals surface area contributed by atoms with Gasteiger partial charge in [0.2, 0.25) is 0 Å². The summed E-state index contributed by atoms with van der Waals surface area (Å²) in [6, 6.07) is 0.637. The smallest absolute Gasteiger partial charge is 0.0618 e. The maximum absolute atomic E-state index is 5.35. The molecule has 5 atom stereocenters. The Morgan fingerprint density at radius 2 is 1.93 bits per heavy atom. The number of methoxy groups -OCH3 is 1. The van der Waals surface area contributed by atoms with Gasteiger partial charge in [-0.15, -0.1) is 0 Å². The Morgan fingerprint density at radius 3 is 2.47 bits per heavy atom. The van der Waals surface area contributed by atoms with Crippen molar-refractivity contribution in [1.29, 1.82) is 0 Å². The number of likely N-dealkylation sites (N-methyl/N-ethyl adjacent to an activating group) is 1. The fraction of sp³-hybridized carbons (Fsp3) is 1.00. The summed E-state index contributed by atoms with van der Waals surface area (Å²) in [4.78, 5) is 0. The van der Waals surface area contributed by atoms with Crippen molar-refractivity contribution in [2.75, 3.05) is 20.3 Å². The van der Waals surface area contributed by atoms with Crippen molar-refractivity contribution >= 4 is 0 Å². The number of rotatable bonds is 5. The van der Waals surface area contributed by atoms with Gasteiger partial charge in [-0.25, -0.2) is 0 Å². The Balaban J connectivity index is 1.64. The Morgan fingerprint density at radius 1 is 1.27 bits per heavy atom. The first-order chi connectivity index (χ1) is 7.36. The van der Waals surface area contributed by atoms with E-state index in [1.165, 1.54) is 12.8 Å². The largest absolute Gasteiger partial charge is 0.383 e. The van der Waals surface area contributed by atoms with Crippen molar-refractivity contribution in [3.8, 4) is 0 Å². The van der Waals surface area contributed by atoms with Gasteiger partial charge >= 0.3 is 0 Å². The Labute approximate surface area is 92.8 Å². The average molecular weight is 209 g/mol. The zero-order chi connectivity index (χ0) is 10.4. The predicted octanol–water partition coefficient (Wildman–Crippen LogP) is 1.90. The summed E-state index contributed by atoms with van der Waals surface area (Å²) in [7, 11) is 1.83. The number of fused-ring (bicyclic) bond motifs is 5. The lowest BCUT2D eigenvalue weighted by Gasteiger charge is -2.20. The van der Waals surface area contributed by atoms with Crippen molar-refractivity contribution in [3.63, 3.8) is 0 Å². The minimum atomic E-state index is 0.637. The molecule has 3 aliphatic carbocycles. The molecule has 0 spiro atoms. The normalized spacial score (nSPS) is 48.0. The van der Waals surface area contributed by atoms with Crippen molar-refractivity contribution in [2.45, 2.75) is 32.2 Å². The van der Waals surface area contributed by atoms with Crippen LogP contribution in [0.5, 0.6) is 0 Å². The Bertz CT molecular complexity index is 221. The summed E-state index contributed by atoms with van der Waals surface area (Å²) in [6.07, 6.45) is 4.60. The number of ether oxygens (including phenoxy) is 1. The average Bonchev–Trinajstić information content (AvgIpc) is 2.66. The van der Waals surface area contributed by atoms with Crippen LogP contribution in [0, 0.1) is 29.6 Å². The quantitative estimate of drug-likeness (QED) is 0.747. The molecule has 0 aromatic heterocycles. The number of hydrogen-bond acceptors (Lipinski definition) is 2. The second-order valence-electron chi connectivity index (χ2n) is 5.68. The van der Waals surface area contributed by atoms with Crippen LogP contribution in [0.15, 0.2) is 0 Å². The molecule has 0 heterocycles. The molecule has 86 valence electrons. The van der Waals surface area contributed by atoms with Gasteiger partial charge in [-0.2, -0.15) is 0 Å². The van der Waals surface area contributed by atoms with E-state index in [9.17, 15) is 0 Å². The van der Waals surface area contributed by atoms with Crippen LogP contribution in [0.3, 0.4) is 0 Å². The van der Waals surface area contributed by atoms with E-state index in [1.807, 2.05) is 7.11 Å². The van der Waals surface area contributed by atoms with E-state index < -0.39 is 0 Å². The third kappa shape index (κ3) is 1.45. The van der Waals surface area contributed by atoms with E-state index in [0.29, 0.717) is 6.04 Å².